The number of sulfonamides is 1. The number of carbonyl (C=O) groups excluding carboxylic acids is 1. The molecule has 10 heteroatoms. The van der Waals surface area contributed by atoms with E-state index in [1.807, 2.05) is 25.1 Å². The first kappa shape index (κ1) is 22.4. The van der Waals surface area contributed by atoms with Gasteiger partial charge in [0, 0.05) is 11.9 Å². The molecule has 0 saturated heterocycles. The van der Waals surface area contributed by atoms with Crippen LogP contribution in [-0.4, -0.2) is 42.5 Å². The van der Waals surface area contributed by atoms with Gasteiger partial charge in [0.05, 0.1) is 27.7 Å². The fraction of sp³-hybridized carbons (Fsp3) is 0.208. The Morgan fingerprint density at radius 2 is 1.82 bits per heavy atom. The summed E-state index contributed by atoms with van der Waals surface area (Å²) >= 11 is 6.21. The van der Waals surface area contributed by atoms with Gasteiger partial charge in [-0.15, -0.1) is 10.2 Å². The molecule has 0 saturated carbocycles. The van der Waals surface area contributed by atoms with Crippen molar-refractivity contribution < 1.29 is 17.6 Å². The maximum absolute atomic E-state index is 13.3. The third kappa shape index (κ3) is 3.80. The van der Waals surface area contributed by atoms with Crippen molar-refractivity contribution in [2.75, 3.05) is 17.4 Å². The van der Waals surface area contributed by atoms with E-state index in [1.54, 1.807) is 42.5 Å². The molecular formula is C24H21ClN4O4S. The molecule has 1 aliphatic heterocycles. The maximum atomic E-state index is 13.3. The molecule has 0 unspecified atom stereocenters. The van der Waals surface area contributed by atoms with Gasteiger partial charge >= 0.3 is 0 Å². The van der Waals surface area contributed by atoms with Gasteiger partial charge in [-0.1, -0.05) is 54.9 Å². The first-order chi connectivity index (χ1) is 16.4. The minimum absolute atomic E-state index is 0.0646. The molecule has 0 N–H and O–H groups in total. The summed E-state index contributed by atoms with van der Waals surface area (Å²) in [6, 6.07) is 17.6. The summed E-state index contributed by atoms with van der Waals surface area (Å²) in [6.07, 6.45) is 0.680. The molecular weight excluding hydrogens is 476 g/mol. The molecule has 5 rings (SSSR count). The minimum Gasteiger partial charge on any atom is -0.419 e. The van der Waals surface area contributed by atoms with Crippen LogP contribution < -0.4 is 4.31 Å². The van der Waals surface area contributed by atoms with Crippen molar-refractivity contribution in [1.29, 1.82) is 0 Å². The first-order valence-corrected chi connectivity index (χ1v) is 12.6. The van der Waals surface area contributed by atoms with Crippen molar-refractivity contribution >= 4 is 44.0 Å². The molecule has 0 atom stereocenters. The number of carbonyl (C=O) groups is 1. The van der Waals surface area contributed by atoms with Crippen molar-refractivity contribution in [1.82, 2.24) is 15.1 Å². The van der Waals surface area contributed by atoms with E-state index in [9.17, 15) is 13.2 Å². The molecule has 0 aliphatic carbocycles. The zero-order valence-corrected chi connectivity index (χ0v) is 19.9. The van der Waals surface area contributed by atoms with E-state index in [2.05, 4.69) is 10.2 Å². The summed E-state index contributed by atoms with van der Waals surface area (Å²) < 4.78 is 33.4. The normalized spacial score (nSPS) is 14.0. The van der Waals surface area contributed by atoms with Crippen molar-refractivity contribution in [3.05, 3.63) is 71.6 Å². The van der Waals surface area contributed by atoms with E-state index < -0.39 is 10.0 Å². The summed E-state index contributed by atoms with van der Waals surface area (Å²) in [5.74, 6) is 0.146. The highest BCUT2D eigenvalue weighted by molar-refractivity contribution is 7.93. The number of benzene rings is 3. The smallest absolute Gasteiger partial charge is 0.265 e. The van der Waals surface area contributed by atoms with Gasteiger partial charge in [-0.05, 0) is 36.1 Å². The average molecular weight is 497 g/mol. The Labute approximate surface area is 201 Å². The number of halogens is 1. The lowest BCUT2D eigenvalue weighted by Gasteiger charge is -2.24. The minimum atomic E-state index is -3.83. The van der Waals surface area contributed by atoms with Gasteiger partial charge in [-0.2, -0.15) is 0 Å². The Hall–Kier alpha value is -3.43. The molecule has 3 aromatic carbocycles. The zero-order chi connectivity index (χ0) is 23.9. The summed E-state index contributed by atoms with van der Waals surface area (Å²) in [5, 5.41) is 10.1. The molecule has 0 spiro atoms. The van der Waals surface area contributed by atoms with Gasteiger partial charge in [-0.3, -0.25) is 9.10 Å². The molecule has 8 nitrogen and oxygen atoms in total. The van der Waals surface area contributed by atoms with Gasteiger partial charge in [0.25, 0.3) is 10.0 Å². The lowest BCUT2D eigenvalue weighted by molar-refractivity contribution is -0.130. The number of rotatable bonds is 7. The predicted molar refractivity (Wildman–Crippen MR) is 129 cm³/mol. The fourth-order valence-electron chi connectivity index (χ4n) is 4.14. The van der Waals surface area contributed by atoms with Crippen LogP contribution in [0, 0.1) is 0 Å². The molecule has 1 aliphatic rings. The Kier molecular flexibility index (Phi) is 5.75. The van der Waals surface area contributed by atoms with Crippen LogP contribution in [0.4, 0.5) is 5.69 Å². The van der Waals surface area contributed by atoms with Crippen LogP contribution in [0.2, 0.25) is 5.02 Å². The van der Waals surface area contributed by atoms with E-state index >= 15 is 0 Å². The van der Waals surface area contributed by atoms with E-state index in [-0.39, 0.29) is 35.7 Å². The molecule has 174 valence electrons. The van der Waals surface area contributed by atoms with E-state index in [1.165, 1.54) is 9.21 Å². The van der Waals surface area contributed by atoms with Crippen molar-refractivity contribution in [3.63, 3.8) is 0 Å². The predicted octanol–water partition coefficient (Wildman–Crippen LogP) is 4.49. The molecule has 2 heterocycles. The third-order valence-electron chi connectivity index (χ3n) is 5.70. The van der Waals surface area contributed by atoms with Crippen LogP contribution in [0.25, 0.3) is 22.2 Å². The van der Waals surface area contributed by atoms with Gasteiger partial charge < -0.3 is 9.32 Å². The van der Waals surface area contributed by atoms with E-state index in [4.69, 9.17) is 16.0 Å². The highest BCUT2D eigenvalue weighted by atomic mass is 35.5. The second-order valence-electron chi connectivity index (χ2n) is 7.94. The lowest BCUT2D eigenvalue weighted by atomic mass is 10.1. The van der Waals surface area contributed by atoms with Crippen LogP contribution >= 0.6 is 11.6 Å². The SMILES string of the molecule is CCCN(Cc1nnc(-c2ccccc2Cl)o1)C(=O)CN1c2cccc3cccc(c23)S1(=O)=O. The molecule has 0 fully saturated rings. The Bertz CT molecular complexity index is 1500. The number of aromatic nitrogens is 2. The van der Waals surface area contributed by atoms with Crippen molar-refractivity contribution in [2.45, 2.75) is 24.8 Å². The van der Waals surface area contributed by atoms with Crippen LogP contribution in [0.15, 0.2) is 70.0 Å². The molecule has 4 aromatic rings. The summed E-state index contributed by atoms with van der Waals surface area (Å²) in [6.45, 7) is 2.09. The van der Waals surface area contributed by atoms with Crippen molar-refractivity contribution in [3.8, 4) is 11.5 Å². The van der Waals surface area contributed by atoms with Gasteiger partial charge in [0.2, 0.25) is 17.7 Å². The monoisotopic (exact) mass is 496 g/mol. The van der Waals surface area contributed by atoms with Gasteiger partial charge in [0.15, 0.2) is 0 Å². The Morgan fingerprint density at radius 1 is 1.06 bits per heavy atom. The highest BCUT2D eigenvalue weighted by Gasteiger charge is 2.37. The molecule has 34 heavy (non-hydrogen) atoms. The second-order valence-corrected chi connectivity index (χ2v) is 10.2. The van der Waals surface area contributed by atoms with E-state index in [0.717, 1.165) is 5.39 Å². The number of amides is 1. The quantitative estimate of drug-likeness (QED) is 0.374. The Morgan fingerprint density at radius 3 is 2.59 bits per heavy atom. The highest BCUT2D eigenvalue weighted by Crippen LogP contribution is 2.41. The number of nitrogens with zero attached hydrogens (tertiary/aromatic N) is 4. The zero-order valence-electron chi connectivity index (χ0n) is 18.3. The average Bonchev–Trinajstić information content (AvgIpc) is 3.37. The molecule has 0 radical (unpaired) electrons. The maximum Gasteiger partial charge on any atom is 0.265 e. The summed E-state index contributed by atoms with van der Waals surface area (Å²) in [4.78, 5) is 15.0. The molecule has 1 amide bonds. The number of hydrogen-bond acceptors (Lipinski definition) is 6. The van der Waals surface area contributed by atoms with Gasteiger partial charge in [-0.25, -0.2) is 8.42 Å². The van der Waals surface area contributed by atoms with Crippen LogP contribution in [0.5, 0.6) is 0 Å². The van der Waals surface area contributed by atoms with Crippen LogP contribution in [0.3, 0.4) is 0 Å². The van der Waals surface area contributed by atoms with Crippen LogP contribution in [-0.2, 0) is 21.4 Å². The second kappa shape index (κ2) is 8.73. The Balaban J connectivity index is 1.39. The lowest BCUT2D eigenvalue weighted by Crippen LogP contribution is -2.41. The summed E-state index contributed by atoms with van der Waals surface area (Å²) in [7, 11) is -3.83. The van der Waals surface area contributed by atoms with Crippen molar-refractivity contribution in [2.24, 2.45) is 0 Å². The third-order valence-corrected chi connectivity index (χ3v) is 7.84. The standard InChI is InChI=1S/C24H21ClN4O4S/c1-2-13-28(14-21-26-27-24(33-21)17-9-3-4-10-18(17)25)22(30)15-29-19-11-5-7-16-8-6-12-20(23(16)19)34(29,31)32/h3-12H,2,13-15H2,1H3. The van der Waals surface area contributed by atoms with Crippen LogP contribution in [0.1, 0.15) is 19.2 Å². The number of anilines is 1. The first-order valence-electron chi connectivity index (χ1n) is 10.8. The van der Waals surface area contributed by atoms with E-state index in [0.29, 0.717) is 34.6 Å². The topological polar surface area (TPSA) is 96.6 Å². The largest absolute Gasteiger partial charge is 0.419 e. The van der Waals surface area contributed by atoms with Gasteiger partial charge in [0.1, 0.15) is 6.54 Å². The summed E-state index contributed by atoms with van der Waals surface area (Å²) in [5.41, 5.74) is 1.11. The molecule has 1 aromatic heterocycles. The fourth-order valence-corrected chi connectivity index (χ4v) is 6.01. The number of hydrogen-bond donors (Lipinski definition) is 0. The molecule has 0 bridgehead atoms.